The van der Waals surface area contributed by atoms with Gasteiger partial charge in [-0.2, -0.15) is 5.10 Å². The standard InChI is InChI=1S/C21H24N4O/c1-15-12-19(17-10-6-3-7-11-17)25-20(23-15)13-18(24-25)21(26)22-14-16-8-4-2-5-9-16/h3,6-7,10-13,16H,2,4-5,8-9,14H2,1H3,(H,22,26). The third kappa shape index (κ3) is 3.47. The Kier molecular flexibility index (Phi) is 4.69. The van der Waals surface area contributed by atoms with Gasteiger partial charge in [0.1, 0.15) is 0 Å². The van der Waals surface area contributed by atoms with E-state index in [2.05, 4.69) is 15.4 Å². The molecule has 5 nitrogen and oxygen atoms in total. The number of fused-ring (bicyclic) bond motifs is 1. The molecule has 4 rings (SSSR count). The van der Waals surface area contributed by atoms with Crippen LogP contribution in [-0.4, -0.2) is 27.0 Å². The van der Waals surface area contributed by atoms with E-state index in [-0.39, 0.29) is 5.91 Å². The van der Waals surface area contributed by atoms with Gasteiger partial charge in [-0.1, -0.05) is 49.6 Å². The van der Waals surface area contributed by atoms with Crippen LogP contribution in [0.5, 0.6) is 0 Å². The van der Waals surface area contributed by atoms with E-state index < -0.39 is 0 Å². The maximum absolute atomic E-state index is 12.6. The first-order chi connectivity index (χ1) is 12.7. The zero-order valence-corrected chi connectivity index (χ0v) is 15.1. The summed E-state index contributed by atoms with van der Waals surface area (Å²) in [6.45, 7) is 2.70. The van der Waals surface area contributed by atoms with E-state index >= 15 is 0 Å². The highest BCUT2D eigenvalue weighted by Crippen LogP contribution is 2.23. The van der Waals surface area contributed by atoms with Gasteiger partial charge in [-0.05, 0) is 31.7 Å². The minimum absolute atomic E-state index is 0.113. The van der Waals surface area contributed by atoms with Gasteiger partial charge in [-0.3, -0.25) is 4.79 Å². The fraction of sp³-hybridized carbons (Fsp3) is 0.381. The van der Waals surface area contributed by atoms with Crippen molar-refractivity contribution in [2.24, 2.45) is 5.92 Å². The third-order valence-electron chi connectivity index (χ3n) is 5.13. The normalized spacial score (nSPS) is 15.3. The summed E-state index contributed by atoms with van der Waals surface area (Å²) in [5, 5.41) is 7.60. The SMILES string of the molecule is Cc1cc(-c2ccccc2)n2nc(C(=O)NCC3CCCCC3)cc2n1. The van der Waals surface area contributed by atoms with Crippen molar-refractivity contribution in [1.29, 1.82) is 0 Å². The van der Waals surface area contributed by atoms with Crippen molar-refractivity contribution in [2.45, 2.75) is 39.0 Å². The Hall–Kier alpha value is -2.69. The summed E-state index contributed by atoms with van der Waals surface area (Å²) in [6, 6.07) is 13.8. The van der Waals surface area contributed by atoms with E-state index in [4.69, 9.17) is 0 Å². The molecule has 3 aromatic rings. The molecule has 1 aliphatic carbocycles. The second-order valence-corrected chi connectivity index (χ2v) is 7.16. The molecule has 134 valence electrons. The van der Waals surface area contributed by atoms with Crippen molar-refractivity contribution in [1.82, 2.24) is 19.9 Å². The molecule has 1 saturated carbocycles. The van der Waals surface area contributed by atoms with Crippen LogP contribution in [0.1, 0.15) is 48.3 Å². The summed E-state index contributed by atoms with van der Waals surface area (Å²) in [7, 11) is 0. The molecule has 0 radical (unpaired) electrons. The molecule has 2 heterocycles. The van der Waals surface area contributed by atoms with Gasteiger partial charge in [0.25, 0.3) is 5.91 Å². The Labute approximate surface area is 153 Å². The lowest BCUT2D eigenvalue weighted by atomic mass is 9.89. The van der Waals surface area contributed by atoms with Gasteiger partial charge in [0.15, 0.2) is 11.3 Å². The molecule has 0 saturated heterocycles. The fourth-order valence-electron chi connectivity index (χ4n) is 3.74. The second-order valence-electron chi connectivity index (χ2n) is 7.16. The highest BCUT2D eigenvalue weighted by Gasteiger charge is 2.18. The van der Waals surface area contributed by atoms with Crippen LogP contribution in [0.4, 0.5) is 0 Å². The van der Waals surface area contributed by atoms with Crippen molar-refractivity contribution < 1.29 is 4.79 Å². The average Bonchev–Trinajstić information content (AvgIpc) is 3.11. The lowest BCUT2D eigenvalue weighted by molar-refractivity contribution is 0.0938. The van der Waals surface area contributed by atoms with E-state index in [1.54, 1.807) is 10.6 Å². The zero-order chi connectivity index (χ0) is 17.9. The summed E-state index contributed by atoms with van der Waals surface area (Å²) in [6.07, 6.45) is 6.30. The van der Waals surface area contributed by atoms with Crippen LogP contribution in [0.15, 0.2) is 42.5 Å². The summed E-state index contributed by atoms with van der Waals surface area (Å²) >= 11 is 0. The summed E-state index contributed by atoms with van der Waals surface area (Å²) in [5.74, 6) is 0.489. The first kappa shape index (κ1) is 16.8. The van der Waals surface area contributed by atoms with Gasteiger partial charge in [0.05, 0.1) is 5.69 Å². The first-order valence-corrected chi connectivity index (χ1v) is 9.42. The number of aryl methyl sites for hydroxylation is 1. The Balaban J connectivity index is 1.59. The molecule has 0 atom stereocenters. The lowest BCUT2D eigenvalue weighted by Crippen LogP contribution is -2.30. The minimum Gasteiger partial charge on any atom is -0.350 e. The molecule has 2 aromatic heterocycles. The number of nitrogens with one attached hydrogen (secondary N) is 1. The van der Waals surface area contributed by atoms with Crippen molar-refractivity contribution >= 4 is 11.6 Å². The smallest absolute Gasteiger partial charge is 0.271 e. The Morgan fingerprint density at radius 2 is 1.92 bits per heavy atom. The molecule has 5 heteroatoms. The van der Waals surface area contributed by atoms with Crippen LogP contribution in [0, 0.1) is 12.8 Å². The molecule has 0 unspecified atom stereocenters. The maximum atomic E-state index is 12.6. The molecule has 1 aromatic carbocycles. The van der Waals surface area contributed by atoms with Gasteiger partial charge in [-0.15, -0.1) is 0 Å². The summed E-state index contributed by atoms with van der Waals surface area (Å²) in [5.41, 5.74) is 4.04. The number of carbonyl (C=O) groups is 1. The monoisotopic (exact) mass is 348 g/mol. The molecule has 1 fully saturated rings. The minimum atomic E-state index is -0.113. The predicted octanol–water partition coefficient (Wildman–Crippen LogP) is 4.01. The molecule has 26 heavy (non-hydrogen) atoms. The largest absolute Gasteiger partial charge is 0.350 e. The van der Waals surface area contributed by atoms with E-state index in [9.17, 15) is 4.79 Å². The number of hydrogen-bond acceptors (Lipinski definition) is 3. The molecule has 1 N–H and O–H groups in total. The fourth-order valence-corrected chi connectivity index (χ4v) is 3.74. The predicted molar refractivity (Wildman–Crippen MR) is 102 cm³/mol. The topological polar surface area (TPSA) is 59.3 Å². The Morgan fingerprint density at radius 3 is 2.69 bits per heavy atom. The van der Waals surface area contributed by atoms with Gasteiger partial charge in [0.2, 0.25) is 0 Å². The quantitative estimate of drug-likeness (QED) is 0.775. The zero-order valence-electron chi connectivity index (χ0n) is 15.1. The summed E-state index contributed by atoms with van der Waals surface area (Å²) in [4.78, 5) is 17.1. The number of aromatic nitrogens is 3. The molecule has 1 amide bonds. The molecular formula is C21H24N4O. The number of rotatable bonds is 4. The second kappa shape index (κ2) is 7.28. The van der Waals surface area contributed by atoms with Crippen LogP contribution < -0.4 is 5.32 Å². The van der Waals surface area contributed by atoms with E-state index in [1.807, 2.05) is 43.3 Å². The molecule has 1 aliphatic rings. The van der Waals surface area contributed by atoms with Crippen LogP contribution in [0.3, 0.4) is 0 Å². The van der Waals surface area contributed by atoms with Gasteiger partial charge >= 0.3 is 0 Å². The first-order valence-electron chi connectivity index (χ1n) is 9.42. The average molecular weight is 348 g/mol. The van der Waals surface area contributed by atoms with Crippen LogP contribution in [0.2, 0.25) is 0 Å². The number of amides is 1. The molecule has 0 aliphatic heterocycles. The molecule has 0 spiro atoms. The van der Waals surface area contributed by atoms with Crippen molar-refractivity contribution in [3.8, 4) is 11.3 Å². The van der Waals surface area contributed by atoms with Crippen LogP contribution in [-0.2, 0) is 0 Å². The van der Waals surface area contributed by atoms with Gasteiger partial charge in [0, 0.05) is 23.9 Å². The van der Waals surface area contributed by atoms with E-state index in [0.717, 1.165) is 23.5 Å². The number of nitrogens with zero attached hydrogens (tertiary/aromatic N) is 3. The highest BCUT2D eigenvalue weighted by atomic mass is 16.1. The van der Waals surface area contributed by atoms with Gasteiger partial charge in [-0.25, -0.2) is 9.50 Å². The highest BCUT2D eigenvalue weighted by molar-refractivity contribution is 5.93. The van der Waals surface area contributed by atoms with E-state index in [1.165, 1.54) is 32.1 Å². The molecule has 0 bridgehead atoms. The number of benzene rings is 1. The number of carbonyl (C=O) groups excluding carboxylic acids is 1. The van der Waals surface area contributed by atoms with Crippen molar-refractivity contribution in [2.75, 3.05) is 6.54 Å². The van der Waals surface area contributed by atoms with E-state index in [0.29, 0.717) is 17.3 Å². The van der Waals surface area contributed by atoms with Crippen molar-refractivity contribution in [3.63, 3.8) is 0 Å². The van der Waals surface area contributed by atoms with Gasteiger partial charge < -0.3 is 5.32 Å². The Morgan fingerprint density at radius 1 is 1.15 bits per heavy atom. The molecular weight excluding hydrogens is 324 g/mol. The third-order valence-corrected chi connectivity index (χ3v) is 5.13. The van der Waals surface area contributed by atoms with Crippen molar-refractivity contribution in [3.05, 3.63) is 53.9 Å². The Bertz CT molecular complexity index is 910. The number of hydrogen-bond donors (Lipinski definition) is 1. The maximum Gasteiger partial charge on any atom is 0.271 e. The van der Waals surface area contributed by atoms with Crippen LogP contribution in [0.25, 0.3) is 16.9 Å². The van der Waals surface area contributed by atoms with Crippen LogP contribution >= 0.6 is 0 Å². The lowest BCUT2D eigenvalue weighted by Gasteiger charge is -2.21. The summed E-state index contributed by atoms with van der Waals surface area (Å²) < 4.78 is 1.76.